The number of hydrogen-bond donors (Lipinski definition) is 1. The summed E-state index contributed by atoms with van der Waals surface area (Å²) in [6, 6.07) is 6.32. The molecule has 0 unspecified atom stereocenters. The van der Waals surface area contributed by atoms with Crippen molar-refractivity contribution in [3.05, 3.63) is 41.9 Å². The fraction of sp³-hybridized carbons (Fsp3) is 0.500. The van der Waals surface area contributed by atoms with Crippen LogP contribution >= 0.6 is 0 Å². The molecule has 2 aromatic rings. The molecular formula is C22H31N5O2. The molecule has 1 aliphatic heterocycles. The first-order valence-corrected chi connectivity index (χ1v) is 10.2. The zero-order valence-electron chi connectivity index (χ0n) is 18.0. The minimum Gasteiger partial charge on any atom is -0.455 e. The molecule has 1 aromatic heterocycles. The van der Waals surface area contributed by atoms with Crippen molar-refractivity contribution in [2.24, 2.45) is 0 Å². The summed E-state index contributed by atoms with van der Waals surface area (Å²) in [6.45, 7) is 15.2. The number of rotatable bonds is 5. The summed E-state index contributed by atoms with van der Waals surface area (Å²) in [7, 11) is 0. The lowest BCUT2D eigenvalue weighted by Gasteiger charge is -2.36. The number of aryl methyl sites for hydroxylation is 1. The lowest BCUT2D eigenvalue weighted by molar-refractivity contribution is 0.00624. The highest BCUT2D eigenvalue weighted by Crippen LogP contribution is 2.26. The van der Waals surface area contributed by atoms with Gasteiger partial charge < -0.3 is 19.9 Å². The standard InChI is InChI=1S/C22H31N5O2/c1-6-26-9-11-27(12-10-26)19-8-7-17(13-16(19)2)25-20-15-23-18(14-24-20)21(28)29-22(3,4)5/h7-8,13-15H,6,9-12H2,1-5H3,(H,24,25). The molecule has 1 saturated heterocycles. The minimum atomic E-state index is -0.557. The third-order valence-electron chi connectivity index (χ3n) is 4.89. The Kier molecular flexibility index (Phi) is 6.37. The monoisotopic (exact) mass is 397 g/mol. The molecule has 7 heteroatoms. The van der Waals surface area contributed by atoms with Crippen LogP contribution in [0, 0.1) is 6.92 Å². The summed E-state index contributed by atoms with van der Waals surface area (Å²) in [5.74, 6) is 0.112. The van der Waals surface area contributed by atoms with Gasteiger partial charge >= 0.3 is 5.97 Å². The second-order valence-corrected chi connectivity index (χ2v) is 8.34. The van der Waals surface area contributed by atoms with Crippen LogP contribution in [0.2, 0.25) is 0 Å². The Morgan fingerprint density at radius 3 is 2.41 bits per heavy atom. The molecule has 0 amide bonds. The molecule has 156 valence electrons. The van der Waals surface area contributed by atoms with Gasteiger partial charge in [0.25, 0.3) is 0 Å². The van der Waals surface area contributed by atoms with E-state index in [0.29, 0.717) is 5.82 Å². The van der Waals surface area contributed by atoms with Crippen LogP contribution in [-0.2, 0) is 4.74 Å². The van der Waals surface area contributed by atoms with Crippen LogP contribution in [0.15, 0.2) is 30.6 Å². The molecule has 3 rings (SSSR count). The number of esters is 1. The van der Waals surface area contributed by atoms with Crippen molar-refractivity contribution in [2.45, 2.75) is 40.2 Å². The number of hydrogen-bond acceptors (Lipinski definition) is 7. The van der Waals surface area contributed by atoms with Gasteiger partial charge in [0.05, 0.1) is 12.4 Å². The number of piperazine rings is 1. The number of benzene rings is 1. The van der Waals surface area contributed by atoms with Crippen LogP contribution in [0.5, 0.6) is 0 Å². The maximum absolute atomic E-state index is 12.0. The molecule has 1 N–H and O–H groups in total. The molecule has 0 atom stereocenters. The Morgan fingerprint density at radius 1 is 1.14 bits per heavy atom. The molecule has 1 fully saturated rings. The van der Waals surface area contributed by atoms with E-state index in [1.54, 1.807) is 6.20 Å². The normalized spacial score (nSPS) is 15.3. The summed E-state index contributed by atoms with van der Waals surface area (Å²) >= 11 is 0. The molecule has 0 aliphatic carbocycles. The van der Waals surface area contributed by atoms with Crippen molar-refractivity contribution >= 4 is 23.2 Å². The summed E-state index contributed by atoms with van der Waals surface area (Å²) in [5, 5.41) is 3.25. The van der Waals surface area contributed by atoms with Gasteiger partial charge in [0.2, 0.25) is 0 Å². The minimum absolute atomic E-state index is 0.197. The number of nitrogens with zero attached hydrogens (tertiary/aromatic N) is 4. The van der Waals surface area contributed by atoms with Crippen molar-refractivity contribution in [3.8, 4) is 0 Å². The summed E-state index contributed by atoms with van der Waals surface area (Å²) in [6.07, 6.45) is 2.98. The zero-order chi connectivity index (χ0) is 21.0. The first-order valence-electron chi connectivity index (χ1n) is 10.2. The average Bonchev–Trinajstić information content (AvgIpc) is 2.67. The third-order valence-corrected chi connectivity index (χ3v) is 4.89. The van der Waals surface area contributed by atoms with Crippen LogP contribution in [-0.4, -0.2) is 59.2 Å². The second-order valence-electron chi connectivity index (χ2n) is 8.34. The number of ether oxygens (including phenoxy) is 1. The number of carbonyl (C=O) groups excluding carboxylic acids is 1. The van der Waals surface area contributed by atoms with Gasteiger partial charge in [0, 0.05) is 37.6 Å². The zero-order valence-corrected chi connectivity index (χ0v) is 18.0. The van der Waals surface area contributed by atoms with Crippen LogP contribution in [0.4, 0.5) is 17.2 Å². The van der Waals surface area contributed by atoms with Crippen LogP contribution in [0.25, 0.3) is 0 Å². The molecule has 29 heavy (non-hydrogen) atoms. The smallest absolute Gasteiger partial charge is 0.359 e. The number of aromatic nitrogens is 2. The number of likely N-dealkylation sites (N-methyl/N-ethyl adjacent to an activating group) is 1. The maximum atomic E-state index is 12.0. The van der Waals surface area contributed by atoms with Crippen molar-refractivity contribution in [2.75, 3.05) is 42.9 Å². The van der Waals surface area contributed by atoms with Crippen molar-refractivity contribution in [1.29, 1.82) is 0 Å². The Hall–Kier alpha value is -2.67. The number of carbonyl (C=O) groups is 1. The fourth-order valence-corrected chi connectivity index (χ4v) is 3.37. The van der Waals surface area contributed by atoms with E-state index in [1.165, 1.54) is 17.4 Å². The van der Waals surface area contributed by atoms with Gasteiger partial charge in [-0.25, -0.2) is 14.8 Å². The predicted octanol–water partition coefficient (Wildman–Crippen LogP) is 3.63. The third kappa shape index (κ3) is 5.67. The fourth-order valence-electron chi connectivity index (χ4n) is 3.37. The Morgan fingerprint density at radius 2 is 1.86 bits per heavy atom. The highest BCUT2D eigenvalue weighted by molar-refractivity contribution is 5.87. The highest BCUT2D eigenvalue weighted by atomic mass is 16.6. The molecule has 0 bridgehead atoms. The molecule has 0 spiro atoms. The second kappa shape index (κ2) is 8.78. The lowest BCUT2D eigenvalue weighted by atomic mass is 10.1. The van der Waals surface area contributed by atoms with Gasteiger partial charge in [0.15, 0.2) is 5.69 Å². The molecular weight excluding hydrogens is 366 g/mol. The van der Waals surface area contributed by atoms with E-state index in [9.17, 15) is 4.79 Å². The van der Waals surface area contributed by atoms with Gasteiger partial charge in [-0.05, 0) is 58.0 Å². The van der Waals surface area contributed by atoms with Gasteiger partial charge in [-0.2, -0.15) is 0 Å². The summed E-state index contributed by atoms with van der Waals surface area (Å²) in [5.41, 5.74) is 3.08. The average molecular weight is 398 g/mol. The predicted molar refractivity (Wildman–Crippen MR) is 116 cm³/mol. The Bertz CT molecular complexity index is 837. The van der Waals surface area contributed by atoms with Crippen molar-refractivity contribution in [1.82, 2.24) is 14.9 Å². The summed E-state index contributed by atoms with van der Waals surface area (Å²) in [4.78, 5) is 25.4. The van der Waals surface area contributed by atoms with E-state index in [4.69, 9.17) is 4.74 Å². The van der Waals surface area contributed by atoms with Gasteiger partial charge in [0.1, 0.15) is 11.4 Å². The molecule has 1 aliphatic rings. The quantitative estimate of drug-likeness (QED) is 0.773. The van der Waals surface area contributed by atoms with E-state index in [-0.39, 0.29) is 5.69 Å². The highest BCUT2D eigenvalue weighted by Gasteiger charge is 2.19. The van der Waals surface area contributed by atoms with Crippen molar-refractivity contribution in [3.63, 3.8) is 0 Å². The number of anilines is 3. The Balaban J connectivity index is 1.63. The largest absolute Gasteiger partial charge is 0.455 e. The molecule has 0 saturated carbocycles. The van der Waals surface area contributed by atoms with Crippen LogP contribution < -0.4 is 10.2 Å². The lowest BCUT2D eigenvalue weighted by Crippen LogP contribution is -2.46. The van der Waals surface area contributed by atoms with E-state index in [1.807, 2.05) is 20.8 Å². The van der Waals surface area contributed by atoms with E-state index in [2.05, 4.69) is 57.1 Å². The summed E-state index contributed by atoms with van der Waals surface area (Å²) < 4.78 is 5.31. The molecule has 2 heterocycles. The van der Waals surface area contributed by atoms with Crippen molar-refractivity contribution < 1.29 is 9.53 Å². The van der Waals surface area contributed by atoms with Gasteiger partial charge in [-0.3, -0.25) is 0 Å². The number of nitrogens with one attached hydrogen (secondary N) is 1. The van der Waals surface area contributed by atoms with E-state index in [0.717, 1.165) is 38.4 Å². The molecule has 1 aromatic carbocycles. The maximum Gasteiger partial charge on any atom is 0.359 e. The van der Waals surface area contributed by atoms with Gasteiger partial charge in [-0.1, -0.05) is 6.92 Å². The Labute approximate surface area is 173 Å². The first-order chi connectivity index (χ1) is 13.7. The first kappa shape index (κ1) is 21.0. The SMILES string of the molecule is CCN1CCN(c2ccc(Nc3cnc(C(=O)OC(C)(C)C)cn3)cc2C)CC1. The van der Waals surface area contributed by atoms with Crippen LogP contribution in [0.1, 0.15) is 43.7 Å². The van der Waals surface area contributed by atoms with E-state index < -0.39 is 11.6 Å². The van der Waals surface area contributed by atoms with Gasteiger partial charge in [-0.15, -0.1) is 0 Å². The molecule has 0 radical (unpaired) electrons. The topological polar surface area (TPSA) is 70.6 Å². The molecule has 7 nitrogen and oxygen atoms in total. The van der Waals surface area contributed by atoms with E-state index >= 15 is 0 Å². The van der Waals surface area contributed by atoms with Crippen LogP contribution in [0.3, 0.4) is 0 Å².